The Bertz CT molecular complexity index is 1690. The van der Waals surface area contributed by atoms with Crippen LogP contribution in [0.2, 0.25) is 0 Å². The summed E-state index contributed by atoms with van der Waals surface area (Å²) in [5.74, 6) is 1.26. The van der Waals surface area contributed by atoms with E-state index in [1.54, 1.807) is 20.2 Å². The summed E-state index contributed by atoms with van der Waals surface area (Å²) in [6, 6.07) is 20.3. The number of benzene rings is 3. The quantitative estimate of drug-likeness (QED) is 0.191. The second-order valence-electron chi connectivity index (χ2n) is 10.5. The third-order valence-electron chi connectivity index (χ3n) is 6.96. The molecule has 8 nitrogen and oxygen atoms in total. The number of ether oxygens (including phenoxy) is 3. The Morgan fingerprint density at radius 2 is 1.85 bits per heavy atom. The molecule has 3 aromatic carbocycles. The minimum atomic E-state index is -0.293. The van der Waals surface area contributed by atoms with Gasteiger partial charge in [-0.05, 0) is 59.2 Å². The maximum atomic E-state index is 12.3. The molecule has 0 radical (unpaired) electrons. The van der Waals surface area contributed by atoms with E-state index in [4.69, 9.17) is 25.0 Å². The summed E-state index contributed by atoms with van der Waals surface area (Å²) >= 11 is 0. The van der Waals surface area contributed by atoms with Gasteiger partial charge in [0, 0.05) is 36.2 Å². The van der Waals surface area contributed by atoms with E-state index in [0.717, 1.165) is 56.2 Å². The summed E-state index contributed by atoms with van der Waals surface area (Å²) in [4.78, 5) is 16.5. The third kappa shape index (κ3) is 6.18. The van der Waals surface area contributed by atoms with E-state index in [-0.39, 0.29) is 19.0 Å². The molecular formula is C33H36N4O4. The van der Waals surface area contributed by atoms with E-state index in [9.17, 15) is 4.79 Å². The van der Waals surface area contributed by atoms with Gasteiger partial charge in [-0.3, -0.25) is 9.48 Å². The van der Waals surface area contributed by atoms with Crippen LogP contribution in [0.25, 0.3) is 32.8 Å². The summed E-state index contributed by atoms with van der Waals surface area (Å²) in [6.45, 7) is 7.95. The SMILES string of the molecule is CCOC(=O)Cc1ccc(COC)cc1OCc1nn(CC(C)C)c2ccc(-c3cccc4c(N)nccc34)cc12. The fraction of sp³-hybridized carbons (Fsp3) is 0.303. The minimum absolute atomic E-state index is 0.127. The molecule has 0 spiro atoms. The lowest BCUT2D eigenvalue weighted by Crippen LogP contribution is -2.10. The van der Waals surface area contributed by atoms with Gasteiger partial charge in [-0.2, -0.15) is 5.10 Å². The van der Waals surface area contributed by atoms with Crippen LogP contribution in [0.5, 0.6) is 5.75 Å². The van der Waals surface area contributed by atoms with Gasteiger partial charge >= 0.3 is 5.97 Å². The van der Waals surface area contributed by atoms with Crippen LogP contribution in [0.1, 0.15) is 37.6 Å². The molecule has 212 valence electrons. The van der Waals surface area contributed by atoms with Crippen LogP contribution in [0, 0.1) is 5.92 Å². The number of nitrogens with two attached hydrogens (primary N) is 1. The van der Waals surface area contributed by atoms with E-state index < -0.39 is 0 Å². The van der Waals surface area contributed by atoms with Crippen LogP contribution in [-0.4, -0.2) is 34.5 Å². The normalized spacial score (nSPS) is 11.4. The predicted octanol–water partition coefficient (Wildman–Crippen LogP) is 6.32. The number of hydrogen-bond donors (Lipinski definition) is 1. The molecule has 2 aromatic heterocycles. The van der Waals surface area contributed by atoms with Gasteiger partial charge in [-0.25, -0.2) is 4.98 Å². The number of carbonyl (C=O) groups excluding carboxylic acids is 1. The number of nitrogen functional groups attached to an aromatic ring is 1. The van der Waals surface area contributed by atoms with Crippen molar-refractivity contribution in [3.63, 3.8) is 0 Å². The largest absolute Gasteiger partial charge is 0.487 e. The van der Waals surface area contributed by atoms with Crippen LogP contribution in [-0.2, 0) is 40.4 Å². The predicted molar refractivity (Wildman–Crippen MR) is 162 cm³/mol. The number of carbonyl (C=O) groups is 1. The summed E-state index contributed by atoms with van der Waals surface area (Å²) in [5, 5.41) is 7.97. The van der Waals surface area contributed by atoms with E-state index in [2.05, 4.69) is 43.1 Å². The van der Waals surface area contributed by atoms with Crippen molar-refractivity contribution in [2.24, 2.45) is 5.92 Å². The lowest BCUT2D eigenvalue weighted by molar-refractivity contribution is -0.142. The average molecular weight is 553 g/mol. The number of anilines is 1. The lowest BCUT2D eigenvalue weighted by atomic mass is 9.97. The number of aromatic nitrogens is 3. The maximum Gasteiger partial charge on any atom is 0.310 e. The van der Waals surface area contributed by atoms with E-state index in [1.165, 1.54) is 0 Å². The minimum Gasteiger partial charge on any atom is -0.487 e. The Morgan fingerprint density at radius 3 is 2.63 bits per heavy atom. The van der Waals surface area contributed by atoms with Crippen molar-refractivity contribution in [3.8, 4) is 16.9 Å². The molecule has 0 amide bonds. The Morgan fingerprint density at radius 1 is 1.00 bits per heavy atom. The second kappa shape index (κ2) is 12.4. The van der Waals surface area contributed by atoms with Crippen molar-refractivity contribution in [2.75, 3.05) is 19.5 Å². The number of methoxy groups -OCH3 is 1. The van der Waals surface area contributed by atoms with E-state index in [0.29, 0.717) is 30.7 Å². The zero-order valence-electron chi connectivity index (χ0n) is 24.0. The van der Waals surface area contributed by atoms with Gasteiger partial charge in [0.05, 0.1) is 25.2 Å². The molecule has 0 saturated carbocycles. The van der Waals surface area contributed by atoms with Crippen molar-refractivity contribution in [2.45, 2.75) is 47.0 Å². The van der Waals surface area contributed by atoms with Crippen LogP contribution >= 0.6 is 0 Å². The molecule has 0 aliphatic rings. The molecule has 0 saturated heterocycles. The fourth-order valence-corrected chi connectivity index (χ4v) is 5.14. The molecule has 0 atom stereocenters. The average Bonchev–Trinajstić information content (AvgIpc) is 3.29. The van der Waals surface area contributed by atoms with Gasteiger partial charge < -0.3 is 19.9 Å². The molecule has 2 heterocycles. The zero-order chi connectivity index (χ0) is 28.9. The molecule has 0 fully saturated rings. The number of hydrogen-bond acceptors (Lipinski definition) is 7. The molecule has 0 aliphatic heterocycles. The molecule has 0 aliphatic carbocycles. The molecule has 5 aromatic rings. The van der Waals surface area contributed by atoms with Crippen LogP contribution < -0.4 is 10.5 Å². The number of rotatable bonds is 11. The second-order valence-corrected chi connectivity index (χ2v) is 10.5. The van der Waals surface area contributed by atoms with Gasteiger partial charge in [0.25, 0.3) is 0 Å². The highest BCUT2D eigenvalue weighted by molar-refractivity contribution is 6.02. The molecule has 0 unspecified atom stereocenters. The van der Waals surface area contributed by atoms with Crippen molar-refractivity contribution < 1.29 is 19.0 Å². The number of esters is 1. The monoisotopic (exact) mass is 552 g/mol. The van der Waals surface area contributed by atoms with Crippen molar-refractivity contribution in [1.82, 2.24) is 14.8 Å². The first-order valence-electron chi connectivity index (χ1n) is 13.9. The Balaban J connectivity index is 1.54. The zero-order valence-corrected chi connectivity index (χ0v) is 24.0. The van der Waals surface area contributed by atoms with Gasteiger partial charge in [0.1, 0.15) is 23.9 Å². The molecule has 8 heteroatoms. The summed E-state index contributed by atoms with van der Waals surface area (Å²) < 4.78 is 18.9. The number of fused-ring (bicyclic) bond motifs is 2. The van der Waals surface area contributed by atoms with Crippen LogP contribution in [0.15, 0.2) is 66.9 Å². The fourth-order valence-electron chi connectivity index (χ4n) is 5.14. The third-order valence-corrected chi connectivity index (χ3v) is 6.96. The first kappa shape index (κ1) is 28.1. The highest BCUT2D eigenvalue weighted by atomic mass is 16.5. The first-order chi connectivity index (χ1) is 19.9. The van der Waals surface area contributed by atoms with Gasteiger partial charge in [-0.1, -0.05) is 50.2 Å². The lowest BCUT2D eigenvalue weighted by Gasteiger charge is -2.13. The topological polar surface area (TPSA) is 101 Å². The molecule has 0 bridgehead atoms. The Kier molecular flexibility index (Phi) is 8.50. The number of nitrogens with zero attached hydrogens (tertiary/aromatic N) is 3. The molecule has 2 N–H and O–H groups in total. The van der Waals surface area contributed by atoms with Crippen molar-refractivity contribution in [3.05, 3.63) is 83.7 Å². The van der Waals surface area contributed by atoms with Gasteiger partial charge in [0.15, 0.2) is 0 Å². The highest BCUT2D eigenvalue weighted by Gasteiger charge is 2.17. The van der Waals surface area contributed by atoms with Gasteiger partial charge in [-0.15, -0.1) is 0 Å². The van der Waals surface area contributed by atoms with Gasteiger partial charge in [0.2, 0.25) is 0 Å². The molecule has 41 heavy (non-hydrogen) atoms. The summed E-state index contributed by atoms with van der Waals surface area (Å²) in [6.07, 6.45) is 1.87. The summed E-state index contributed by atoms with van der Waals surface area (Å²) in [5.41, 5.74) is 11.9. The van der Waals surface area contributed by atoms with E-state index in [1.807, 2.05) is 41.1 Å². The van der Waals surface area contributed by atoms with E-state index >= 15 is 0 Å². The van der Waals surface area contributed by atoms with Crippen molar-refractivity contribution >= 4 is 33.5 Å². The van der Waals surface area contributed by atoms with Crippen molar-refractivity contribution in [1.29, 1.82) is 0 Å². The highest BCUT2D eigenvalue weighted by Crippen LogP contribution is 2.34. The van der Waals surface area contributed by atoms with Crippen LogP contribution in [0.4, 0.5) is 5.82 Å². The summed E-state index contributed by atoms with van der Waals surface area (Å²) in [7, 11) is 1.65. The van der Waals surface area contributed by atoms with Crippen LogP contribution in [0.3, 0.4) is 0 Å². The number of pyridine rings is 1. The standard InChI is InChI=1S/C33H36N4O4/c1-5-40-32(38)17-24-10-9-22(19-39-4)15-31(24)41-20-29-28-16-23(11-12-30(28)37(36-29)18-21(2)3)25-7-6-8-27-26(25)13-14-35-33(27)34/h6-16,21H,5,17-20H2,1-4H3,(H2,34,35). The smallest absolute Gasteiger partial charge is 0.310 e. The maximum absolute atomic E-state index is 12.3. The Hall–Kier alpha value is -4.43. The molecular weight excluding hydrogens is 516 g/mol. The molecule has 5 rings (SSSR count). The Labute approximate surface area is 240 Å². The first-order valence-corrected chi connectivity index (χ1v) is 13.9.